The van der Waals surface area contributed by atoms with Gasteiger partial charge in [0, 0.05) is 42.8 Å². The molecule has 0 spiro atoms. The smallest absolute Gasteiger partial charge is 0.178 e. The topological polar surface area (TPSA) is 39.8 Å². The fourth-order valence-electron chi connectivity index (χ4n) is 3.96. The van der Waals surface area contributed by atoms with Gasteiger partial charge in [-0.2, -0.15) is 0 Å². The Morgan fingerprint density at radius 2 is 1.73 bits per heavy atom. The first-order valence-corrected chi connectivity index (χ1v) is 9.25. The van der Waals surface area contributed by atoms with Gasteiger partial charge in [0.1, 0.15) is 0 Å². The minimum absolute atomic E-state index is 0.788. The molecule has 0 unspecified atom stereocenters. The maximum atomic E-state index is 5.62. The van der Waals surface area contributed by atoms with Crippen LogP contribution < -0.4 is 4.90 Å². The zero-order valence-electron chi connectivity index (χ0n) is 14.8. The molecule has 1 aliphatic heterocycles. The van der Waals surface area contributed by atoms with Gasteiger partial charge in [-0.15, -0.1) is 0 Å². The molecule has 0 fully saturated rings. The van der Waals surface area contributed by atoms with Gasteiger partial charge in [0.2, 0.25) is 0 Å². The monoisotopic (exact) mass is 360 g/mol. The van der Waals surface area contributed by atoms with E-state index in [-0.39, 0.29) is 0 Å². The number of aromatic amines is 2. The molecule has 1 aliphatic rings. The normalized spacial score (nSPS) is 12.8. The van der Waals surface area contributed by atoms with Crippen molar-refractivity contribution in [2.75, 3.05) is 19.0 Å². The van der Waals surface area contributed by atoms with Crippen LogP contribution in [0.3, 0.4) is 0 Å². The van der Waals surface area contributed by atoms with Gasteiger partial charge in [-0.05, 0) is 42.4 Å². The van der Waals surface area contributed by atoms with Crippen molar-refractivity contribution in [3.8, 4) is 22.6 Å². The van der Waals surface area contributed by atoms with Crippen LogP contribution in [0.25, 0.3) is 33.5 Å². The van der Waals surface area contributed by atoms with Crippen LogP contribution in [0, 0.1) is 4.77 Å². The van der Waals surface area contributed by atoms with Crippen LogP contribution in [0.4, 0.5) is 5.69 Å². The summed E-state index contributed by atoms with van der Waals surface area (Å²) in [5.41, 5.74) is 8.37. The van der Waals surface area contributed by atoms with Crippen molar-refractivity contribution in [2.45, 2.75) is 13.0 Å². The van der Waals surface area contributed by atoms with Gasteiger partial charge in [0.05, 0.1) is 17.1 Å². The first-order chi connectivity index (χ1) is 12.6. The van der Waals surface area contributed by atoms with Crippen molar-refractivity contribution in [1.82, 2.24) is 14.5 Å². The summed E-state index contributed by atoms with van der Waals surface area (Å²) in [6.07, 6.45) is 0.998. The van der Waals surface area contributed by atoms with Gasteiger partial charge < -0.3 is 19.4 Å². The van der Waals surface area contributed by atoms with E-state index in [1.54, 1.807) is 0 Å². The summed E-state index contributed by atoms with van der Waals surface area (Å²) in [5, 5.41) is 1.31. The summed E-state index contributed by atoms with van der Waals surface area (Å²) in [6.45, 7) is 0.912. The Bertz CT molecular complexity index is 1180. The van der Waals surface area contributed by atoms with Crippen LogP contribution in [0.15, 0.2) is 48.5 Å². The number of imidazole rings is 1. The van der Waals surface area contributed by atoms with E-state index in [1.807, 2.05) is 0 Å². The molecule has 3 heterocycles. The number of aryl methyl sites for hydroxylation is 1. The van der Waals surface area contributed by atoms with Gasteiger partial charge in [-0.3, -0.25) is 0 Å². The quantitative estimate of drug-likeness (QED) is 0.495. The maximum Gasteiger partial charge on any atom is 0.178 e. The molecule has 0 radical (unpaired) electrons. The van der Waals surface area contributed by atoms with Crippen LogP contribution in [0.1, 0.15) is 5.56 Å². The van der Waals surface area contributed by atoms with Crippen LogP contribution in [-0.4, -0.2) is 28.6 Å². The lowest BCUT2D eigenvalue weighted by molar-refractivity contribution is 0.677. The molecule has 2 aromatic carbocycles. The minimum atomic E-state index is 0.788. The highest BCUT2D eigenvalue weighted by molar-refractivity contribution is 7.71. The SMILES string of the molecule is CN(C)c1ccc(-c2[nH]c(=S)n3c2-c2[nH]c4ccccc4c2CC3)cc1. The van der Waals surface area contributed by atoms with Crippen LogP contribution in [-0.2, 0) is 13.0 Å². The molecule has 0 atom stereocenters. The lowest BCUT2D eigenvalue weighted by Crippen LogP contribution is -2.10. The average molecular weight is 360 g/mol. The maximum absolute atomic E-state index is 5.62. The summed E-state index contributed by atoms with van der Waals surface area (Å²) >= 11 is 5.62. The van der Waals surface area contributed by atoms with Gasteiger partial charge >= 0.3 is 0 Å². The third-order valence-corrected chi connectivity index (χ3v) is 5.61. The van der Waals surface area contributed by atoms with Crippen molar-refractivity contribution in [2.24, 2.45) is 0 Å². The van der Waals surface area contributed by atoms with Gasteiger partial charge in [-0.1, -0.05) is 30.3 Å². The predicted molar refractivity (Wildman–Crippen MR) is 110 cm³/mol. The average Bonchev–Trinajstić information content (AvgIpc) is 3.20. The highest BCUT2D eigenvalue weighted by Crippen LogP contribution is 2.40. The second kappa shape index (κ2) is 5.61. The summed E-state index contributed by atoms with van der Waals surface area (Å²) in [6, 6.07) is 17.1. The molecule has 4 aromatic rings. The summed E-state index contributed by atoms with van der Waals surface area (Å²) in [4.78, 5) is 9.19. The fraction of sp³-hybridized carbons (Fsp3) is 0.190. The van der Waals surface area contributed by atoms with Crippen molar-refractivity contribution >= 4 is 28.8 Å². The second-order valence-electron chi connectivity index (χ2n) is 7.02. The van der Waals surface area contributed by atoms with Crippen LogP contribution in [0.5, 0.6) is 0 Å². The number of fused-ring (bicyclic) bond motifs is 5. The van der Waals surface area contributed by atoms with E-state index < -0.39 is 0 Å². The van der Waals surface area contributed by atoms with E-state index in [1.165, 1.54) is 33.5 Å². The zero-order chi connectivity index (χ0) is 17.8. The Hall–Kier alpha value is -2.79. The Morgan fingerprint density at radius 3 is 2.50 bits per heavy atom. The predicted octanol–water partition coefficient (Wildman–Crippen LogP) is 4.98. The second-order valence-corrected chi connectivity index (χ2v) is 7.41. The summed E-state index contributed by atoms with van der Waals surface area (Å²) in [5.74, 6) is 0. The molecule has 26 heavy (non-hydrogen) atoms. The van der Waals surface area contributed by atoms with Gasteiger partial charge in [-0.25, -0.2) is 0 Å². The Morgan fingerprint density at radius 1 is 0.962 bits per heavy atom. The molecule has 0 saturated carbocycles. The Balaban J connectivity index is 1.74. The number of H-pyrrole nitrogens is 2. The van der Waals surface area contributed by atoms with Crippen molar-refractivity contribution < 1.29 is 0 Å². The lowest BCUT2D eigenvalue weighted by Gasteiger charge is -2.17. The Labute approximate surface area is 157 Å². The first-order valence-electron chi connectivity index (χ1n) is 8.84. The van der Waals surface area contributed by atoms with Crippen LogP contribution >= 0.6 is 12.2 Å². The first kappa shape index (κ1) is 15.5. The fourth-order valence-corrected chi connectivity index (χ4v) is 4.25. The number of aromatic nitrogens is 3. The van der Waals surface area contributed by atoms with E-state index in [0.717, 1.165) is 29.0 Å². The molecule has 5 rings (SSSR count). The van der Waals surface area contributed by atoms with Crippen molar-refractivity contribution in [3.05, 3.63) is 58.9 Å². The molecule has 0 saturated heterocycles. The molecule has 2 aromatic heterocycles. The van der Waals surface area contributed by atoms with Crippen molar-refractivity contribution in [1.29, 1.82) is 0 Å². The number of nitrogens with one attached hydrogen (secondary N) is 2. The van der Waals surface area contributed by atoms with E-state index in [2.05, 4.69) is 82.1 Å². The number of anilines is 1. The van der Waals surface area contributed by atoms with E-state index >= 15 is 0 Å². The third kappa shape index (κ3) is 2.17. The number of rotatable bonds is 2. The highest BCUT2D eigenvalue weighted by atomic mass is 32.1. The molecule has 130 valence electrons. The molecule has 5 heteroatoms. The van der Waals surface area contributed by atoms with E-state index in [4.69, 9.17) is 12.2 Å². The third-order valence-electron chi connectivity index (χ3n) is 5.29. The number of benzene rings is 2. The molecule has 4 nitrogen and oxygen atoms in total. The summed E-state index contributed by atoms with van der Waals surface area (Å²) in [7, 11) is 4.11. The number of para-hydroxylation sites is 1. The van der Waals surface area contributed by atoms with Gasteiger partial charge in [0.25, 0.3) is 0 Å². The number of hydrogen-bond acceptors (Lipinski definition) is 2. The van der Waals surface area contributed by atoms with Gasteiger partial charge in [0.15, 0.2) is 4.77 Å². The molecule has 0 amide bonds. The standard InChI is InChI=1S/C21H20N4S/c1-24(2)14-9-7-13(8-10-14)18-20-19-16(11-12-25(20)21(26)23-18)15-5-3-4-6-17(15)22-19/h3-10,22H,11-12H2,1-2H3,(H,23,26). The minimum Gasteiger partial charge on any atom is -0.378 e. The molecule has 2 N–H and O–H groups in total. The largest absolute Gasteiger partial charge is 0.378 e. The highest BCUT2D eigenvalue weighted by Gasteiger charge is 2.25. The van der Waals surface area contributed by atoms with Crippen molar-refractivity contribution in [3.63, 3.8) is 0 Å². The Kier molecular flexibility index (Phi) is 3.34. The number of hydrogen-bond donors (Lipinski definition) is 2. The molecular formula is C21H20N4S. The zero-order valence-corrected chi connectivity index (χ0v) is 15.7. The number of nitrogens with zero attached hydrogens (tertiary/aromatic N) is 2. The van der Waals surface area contributed by atoms with E-state index in [0.29, 0.717) is 0 Å². The summed E-state index contributed by atoms with van der Waals surface area (Å²) < 4.78 is 3.01. The lowest BCUT2D eigenvalue weighted by atomic mass is 9.99. The molecule has 0 bridgehead atoms. The molecular weight excluding hydrogens is 340 g/mol. The van der Waals surface area contributed by atoms with E-state index in [9.17, 15) is 0 Å². The van der Waals surface area contributed by atoms with Crippen LogP contribution in [0.2, 0.25) is 0 Å². The molecule has 0 aliphatic carbocycles.